The number of sulfonamides is 1. The first-order valence-corrected chi connectivity index (χ1v) is 7.88. The van der Waals surface area contributed by atoms with E-state index in [1.807, 2.05) is 0 Å². The highest BCUT2D eigenvalue weighted by Gasteiger charge is 2.30. The summed E-state index contributed by atoms with van der Waals surface area (Å²) in [4.78, 5) is 11.2. The Morgan fingerprint density at radius 1 is 1.29 bits per heavy atom. The number of carboxylic acid groups (broad SMARTS) is 1. The number of aryl methyl sites for hydroxylation is 2. The van der Waals surface area contributed by atoms with E-state index >= 15 is 0 Å². The number of hydrogen-bond donors (Lipinski definition) is 2. The van der Waals surface area contributed by atoms with E-state index in [9.17, 15) is 13.2 Å². The molecule has 0 saturated heterocycles. The van der Waals surface area contributed by atoms with Gasteiger partial charge in [0, 0.05) is 6.54 Å². The summed E-state index contributed by atoms with van der Waals surface area (Å²) >= 11 is 0. The van der Waals surface area contributed by atoms with Crippen LogP contribution in [0.2, 0.25) is 0 Å². The average molecular weight is 315 g/mol. The Balaban J connectivity index is 3.13. The molecule has 0 aliphatic heterocycles. The average Bonchev–Trinajstić information content (AvgIpc) is 2.35. The van der Waals surface area contributed by atoms with Crippen LogP contribution in [-0.2, 0) is 14.8 Å². The molecule has 0 aliphatic rings. The predicted octanol–water partition coefficient (Wildman–Crippen LogP) is 1.70. The molecule has 1 aromatic rings. The summed E-state index contributed by atoms with van der Waals surface area (Å²) in [6.07, 6.45) is 0. The molecule has 1 aromatic carbocycles. The van der Waals surface area contributed by atoms with Crippen LogP contribution in [0.15, 0.2) is 17.0 Å². The van der Waals surface area contributed by atoms with Crippen molar-refractivity contribution in [3.05, 3.63) is 23.3 Å². The van der Waals surface area contributed by atoms with Gasteiger partial charge in [-0.15, -0.1) is 0 Å². The number of benzene rings is 1. The van der Waals surface area contributed by atoms with Crippen molar-refractivity contribution in [3.8, 4) is 5.75 Å². The minimum Gasteiger partial charge on any atom is -0.497 e. The number of ether oxygens (including phenoxy) is 1. The Kier molecular flexibility index (Phi) is 5.01. The lowest BCUT2D eigenvalue weighted by Gasteiger charge is -2.20. The van der Waals surface area contributed by atoms with Crippen LogP contribution in [0.25, 0.3) is 0 Å². The fourth-order valence-electron chi connectivity index (χ4n) is 1.88. The van der Waals surface area contributed by atoms with Crippen molar-refractivity contribution in [2.75, 3.05) is 13.7 Å². The summed E-state index contributed by atoms with van der Waals surface area (Å²) in [5, 5.41) is 9.03. The predicted molar refractivity (Wildman–Crippen MR) is 79.1 cm³/mol. The third kappa shape index (κ3) is 3.95. The zero-order chi connectivity index (χ0) is 16.4. The van der Waals surface area contributed by atoms with Crippen LogP contribution in [0.3, 0.4) is 0 Å². The highest BCUT2D eigenvalue weighted by atomic mass is 32.2. The SMILES string of the molecule is COc1cc(C)c(S(=O)(=O)NCC(C)(C)C(=O)O)c(C)c1. The number of aliphatic carboxylic acids is 1. The zero-order valence-electron chi connectivity index (χ0n) is 12.9. The van der Waals surface area contributed by atoms with Gasteiger partial charge in [-0.3, -0.25) is 4.79 Å². The molecule has 6 nitrogen and oxygen atoms in total. The maximum atomic E-state index is 12.4. The molecule has 0 heterocycles. The van der Waals surface area contributed by atoms with E-state index in [0.29, 0.717) is 16.9 Å². The number of hydrogen-bond acceptors (Lipinski definition) is 4. The quantitative estimate of drug-likeness (QED) is 0.833. The van der Waals surface area contributed by atoms with Crippen molar-refractivity contribution >= 4 is 16.0 Å². The molecule has 0 radical (unpaired) electrons. The van der Waals surface area contributed by atoms with Crippen molar-refractivity contribution < 1.29 is 23.1 Å². The molecule has 0 saturated carbocycles. The summed E-state index contributed by atoms with van der Waals surface area (Å²) in [6, 6.07) is 3.26. The molecule has 0 aromatic heterocycles. The highest BCUT2D eigenvalue weighted by molar-refractivity contribution is 7.89. The van der Waals surface area contributed by atoms with E-state index in [0.717, 1.165) is 0 Å². The second-order valence-corrected chi connectivity index (χ2v) is 7.31. The van der Waals surface area contributed by atoms with Crippen molar-refractivity contribution in [2.45, 2.75) is 32.6 Å². The van der Waals surface area contributed by atoms with Gasteiger partial charge < -0.3 is 9.84 Å². The lowest BCUT2D eigenvalue weighted by atomic mass is 9.95. The summed E-state index contributed by atoms with van der Waals surface area (Å²) < 4.78 is 32.3. The van der Waals surface area contributed by atoms with Gasteiger partial charge in [-0.05, 0) is 51.0 Å². The fraction of sp³-hybridized carbons (Fsp3) is 0.500. The third-order valence-corrected chi connectivity index (χ3v) is 4.93. The Hall–Kier alpha value is -1.60. The van der Waals surface area contributed by atoms with Gasteiger partial charge in [-0.25, -0.2) is 13.1 Å². The van der Waals surface area contributed by atoms with Gasteiger partial charge in [0.15, 0.2) is 0 Å². The first kappa shape index (κ1) is 17.5. The van der Waals surface area contributed by atoms with E-state index in [1.165, 1.54) is 21.0 Å². The molecule has 0 amide bonds. The molecule has 0 unspecified atom stereocenters. The molecular formula is C14H21NO5S. The van der Waals surface area contributed by atoms with Crippen molar-refractivity contribution in [1.29, 1.82) is 0 Å². The van der Waals surface area contributed by atoms with E-state index in [1.54, 1.807) is 26.0 Å². The standard InChI is InChI=1S/C14H21NO5S/c1-9-6-11(20-5)7-10(2)12(9)21(18,19)15-8-14(3,4)13(16)17/h6-7,15H,8H2,1-5H3,(H,16,17). The van der Waals surface area contributed by atoms with Crippen molar-refractivity contribution in [2.24, 2.45) is 5.41 Å². The minimum absolute atomic E-state index is 0.157. The topological polar surface area (TPSA) is 92.7 Å². The molecule has 0 bridgehead atoms. The van der Waals surface area contributed by atoms with Gasteiger partial charge in [-0.1, -0.05) is 0 Å². The van der Waals surface area contributed by atoms with Crippen molar-refractivity contribution in [1.82, 2.24) is 4.72 Å². The third-order valence-electron chi connectivity index (χ3n) is 3.22. The molecule has 0 aliphatic carbocycles. The molecule has 21 heavy (non-hydrogen) atoms. The molecule has 2 N–H and O–H groups in total. The normalized spacial score (nSPS) is 12.2. The molecule has 118 valence electrons. The van der Waals surface area contributed by atoms with E-state index < -0.39 is 21.4 Å². The van der Waals surface area contributed by atoms with Crippen molar-refractivity contribution in [3.63, 3.8) is 0 Å². The lowest BCUT2D eigenvalue weighted by molar-refractivity contribution is -0.146. The van der Waals surface area contributed by atoms with E-state index in [4.69, 9.17) is 9.84 Å². The second-order valence-electron chi connectivity index (χ2n) is 5.60. The molecular weight excluding hydrogens is 294 g/mol. The number of carboxylic acids is 1. The fourth-order valence-corrected chi connectivity index (χ4v) is 3.54. The molecule has 0 fully saturated rings. The Bertz CT molecular complexity index is 626. The van der Waals surface area contributed by atoms with Gasteiger partial charge >= 0.3 is 5.97 Å². The van der Waals surface area contributed by atoms with Crippen LogP contribution >= 0.6 is 0 Å². The van der Waals surface area contributed by atoms with Crippen LogP contribution in [0.1, 0.15) is 25.0 Å². The Morgan fingerprint density at radius 2 is 1.76 bits per heavy atom. The first-order valence-electron chi connectivity index (χ1n) is 6.39. The van der Waals surface area contributed by atoms with E-state index in [2.05, 4.69) is 4.72 Å². The van der Waals surface area contributed by atoms with Gasteiger partial charge in [0.25, 0.3) is 0 Å². The van der Waals surface area contributed by atoms with Gasteiger partial charge in [-0.2, -0.15) is 0 Å². The van der Waals surface area contributed by atoms with Crippen LogP contribution in [-0.4, -0.2) is 33.1 Å². The molecule has 0 atom stereocenters. The van der Waals surface area contributed by atoms with Gasteiger partial charge in [0.05, 0.1) is 17.4 Å². The zero-order valence-corrected chi connectivity index (χ0v) is 13.7. The summed E-state index contributed by atoms with van der Waals surface area (Å²) in [5.74, 6) is -0.483. The lowest BCUT2D eigenvalue weighted by Crippen LogP contribution is -2.39. The van der Waals surface area contributed by atoms with Gasteiger partial charge in [0.1, 0.15) is 5.75 Å². The molecule has 0 spiro atoms. The smallest absolute Gasteiger partial charge is 0.310 e. The molecule has 7 heteroatoms. The summed E-state index contributed by atoms with van der Waals surface area (Å²) in [6.45, 7) is 6.09. The number of methoxy groups -OCH3 is 1. The van der Waals surface area contributed by atoms with Crippen LogP contribution in [0.5, 0.6) is 5.75 Å². The Morgan fingerprint density at radius 3 is 2.14 bits per heavy atom. The number of carbonyl (C=O) groups is 1. The number of rotatable bonds is 6. The monoisotopic (exact) mass is 315 g/mol. The number of nitrogens with one attached hydrogen (secondary N) is 1. The highest BCUT2D eigenvalue weighted by Crippen LogP contribution is 2.26. The molecule has 1 rings (SSSR count). The van der Waals surface area contributed by atoms with Gasteiger partial charge in [0.2, 0.25) is 10.0 Å². The van der Waals surface area contributed by atoms with E-state index in [-0.39, 0.29) is 11.4 Å². The minimum atomic E-state index is -3.78. The first-order chi connectivity index (χ1) is 9.51. The summed E-state index contributed by atoms with van der Waals surface area (Å²) in [5.41, 5.74) is -0.0820. The maximum Gasteiger partial charge on any atom is 0.310 e. The van der Waals surface area contributed by atoms with Crippen LogP contribution < -0.4 is 9.46 Å². The second kappa shape index (κ2) is 6.03. The summed E-state index contributed by atoms with van der Waals surface area (Å²) in [7, 11) is -2.27. The maximum absolute atomic E-state index is 12.4. The largest absolute Gasteiger partial charge is 0.497 e. The van der Waals surface area contributed by atoms with Crippen LogP contribution in [0, 0.1) is 19.3 Å². The van der Waals surface area contributed by atoms with Crippen LogP contribution in [0.4, 0.5) is 0 Å². The Labute approximate surface area is 125 Å².